The minimum Gasteiger partial charge on any atom is -0.297 e. The third-order valence-electron chi connectivity index (χ3n) is 2.06. The molecule has 0 spiro atoms. The summed E-state index contributed by atoms with van der Waals surface area (Å²) in [6.45, 7) is -1.49. The van der Waals surface area contributed by atoms with E-state index in [1.54, 1.807) is 0 Å². The third kappa shape index (κ3) is 1.69. The summed E-state index contributed by atoms with van der Waals surface area (Å²) in [5, 5.41) is 0. The first-order valence-corrected chi connectivity index (χ1v) is 3.88. The SMILES string of the molecule is CC1(F)OC(F)(F)C(C)(CF)OC1(F)F. The zero-order chi connectivity index (χ0) is 12.1. The van der Waals surface area contributed by atoms with Crippen molar-refractivity contribution in [2.24, 2.45) is 0 Å². The van der Waals surface area contributed by atoms with E-state index in [2.05, 4.69) is 9.47 Å². The molecule has 2 unspecified atom stereocenters. The maximum Gasteiger partial charge on any atom is 0.415 e. The third-order valence-corrected chi connectivity index (χ3v) is 2.06. The maximum atomic E-state index is 12.9. The highest BCUT2D eigenvalue weighted by molar-refractivity contribution is 4.94. The Morgan fingerprint density at radius 2 is 1.33 bits per heavy atom. The average Bonchev–Trinajstić information content (AvgIpc) is 1.98. The summed E-state index contributed by atoms with van der Waals surface area (Å²) in [4.78, 5) is 0. The molecule has 8 heteroatoms. The van der Waals surface area contributed by atoms with Crippen LogP contribution in [-0.2, 0) is 9.47 Å². The van der Waals surface area contributed by atoms with E-state index in [4.69, 9.17) is 0 Å². The topological polar surface area (TPSA) is 18.5 Å². The van der Waals surface area contributed by atoms with Gasteiger partial charge in [0.15, 0.2) is 5.60 Å². The first-order valence-electron chi connectivity index (χ1n) is 3.88. The first-order chi connectivity index (χ1) is 6.47. The lowest BCUT2D eigenvalue weighted by molar-refractivity contribution is -0.535. The second-order valence-corrected chi connectivity index (χ2v) is 3.52. The summed E-state index contributed by atoms with van der Waals surface area (Å²) in [5.41, 5.74) is -3.21. The van der Waals surface area contributed by atoms with Gasteiger partial charge in [0.2, 0.25) is 0 Å². The standard InChI is InChI=1S/C7H8F6O2/c1-4(3-8)6(10,11)15-5(2,9)7(12,13)14-4/h3H2,1-2H3. The average molecular weight is 238 g/mol. The molecule has 0 aromatic rings. The second-order valence-electron chi connectivity index (χ2n) is 3.52. The van der Waals surface area contributed by atoms with E-state index in [1.807, 2.05) is 0 Å². The Kier molecular flexibility index (Phi) is 2.52. The van der Waals surface area contributed by atoms with Gasteiger partial charge >= 0.3 is 18.1 Å². The molecule has 0 aromatic carbocycles. The predicted octanol–water partition coefficient (Wildman–Crippen LogP) is 2.63. The molecule has 0 aliphatic carbocycles. The molecule has 15 heavy (non-hydrogen) atoms. The summed E-state index contributed by atoms with van der Waals surface area (Å²) in [6.07, 6.45) is -9.12. The molecule has 0 saturated carbocycles. The molecule has 0 amide bonds. The van der Waals surface area contributed by atoms with E-state index in [1.165, 1.54) is 0 Å². The van der Waals surface area contributed by atoms with Gasteiger partial charge in [0.25, 0.3) is 0 Å². The van der Waals surface area contributed by atoms with Crippen LogP contribution in [0.3, 0.4) is 0 Å². The van der Waals surface area contributed by atoms with Crippen molar-refractivity contribution in [2.75, 3.05) is 6.67 Å². The number of hydrogen-bond donors (Lipinski definition) is 0. The normalized spacial score (nSPS) is 44.0. The monoisotopic (exact) mass is 238 g/mol. The fourth-order valence-electron chi connectivity index (χ4n) is 0.947. The van der Waals surface area contributed by atoms with Crippen LogP contribution in [0, 0.1) is 0 Å². The van der Waals surface area contributed by atoms with E-state index in [0.717, 1.165) is 0 Å². The number of halogens is 6. The van der Waals surface area contributed by atoms with Crippen molar-refractivity contribution in [1.82, 2.24) is 0 Å². The predicted molar refractivity (Wildman–Crippen MR) is 36.0 cm³/mol. The lowest BCUT2D eigenvalue weighted by Crippen LogP contribution is -2.67. The molecule has 1 fully saturated rings. The summed E-state index contributed by atoms with van der Waals surface area (Å²) >= 11 is 0. The molecule has 90 valence electrons. The zero-order valence-electron chi connectivity index (χ0n) is 7.79. The molecule has 2 atom stereocenters. The Hall–Kier alpha value is -0.500. The molecule has 2 nitrogen and oxygen atoms in total. The molecule has 1 saturated heterocycles. The van der Waals surface area contributed by atoms with Crippen LogP contribution in [0.25, 0.3) is 0 Å². The molecular weight excluding hydrogens is 230 g/mol. The molecule has 1 heterocycles. The van der Waals surface area contributed by atoms with Crippen molar-refractivity contribution in [3.63, 3.8) is 0 Å². The van der Waals surface area contributed by atoms with Crippen molar-refractivity contribution in [3.8, 4) is 0 Å². The van der Waals surface area contributed by atoms with Gasteiger partial charge < -0.3 is 0 Å². The molecule has 1 aliphatic heterocycles. The fourth-order valence-corrected chi connectivity index (χ4v) is 0.947. The molecule has 0 aromatic heterocycles. The number of hydrogen-bond acceptors (Lipinski definition) is 2. The van der Waals surface area contributed by atoms with Gasteiger partial charge in [-0.2, -0.15) is 17.6 Å². The molecule has 0 N–H and O–H groups in total. The lowest BCUT2D eigenvalue weighted by Gasteiger charge is -2.46. The van der Waals surface area contributed by atoms with E-state index in [0.29, 0.717) is 6.92 Å². The van der Waals surface area contributed by atoms with Crippen LogP contribution in [0.15, 0.2) is 0 Å². The summed E-state index contributed by atoms with van der Waals surface area (Å²) in [7, 11) is 0. The Labute approximate surface area is 81.1 Å². The maximum absolute atomic E-state index is 12.9. The van der Waals surface area contributed by atoms with Crippen molar-refractivity contribution >= 4 is 0 Å². The van der Waals surface area contributed by atoms with Crippen LogP contribution in [0.5, 0.6) is 0 Å². The van der Waals surface area contributed by atoms with Crippen LogP contribution < -0.4 is 0 Å². The minimum atomic E-state index is -4.64. The van der Waals surface area contributed by atoms with Gasteiger partial charge in [-0.15, -0.1) is 0 Å². The lowest BCUT2D eigenvalue weighted by atomic mass is 10.1. The van der Waals surface area contributed by atoms with Crippen LogP contribution in [0.1, 0.15) is 13.8 Å². The van der Waals surface area contributed by atoms with Crippen molar-refractivity contribution in [2.45, 2.75) is 37.5 Å². The van der Waals surface area contributed by atoms with Crippen LogP contribution >= 0.6 is 0 Å². The highest BCUT2D eigenvalue weighted by Gasteiger charge is 2.73. The highest BCUT2D eigenvalue weighted by Crippen LogP contribution is 2.51. The number of alkyl halides is 6. The summed E-state index contributed by atoms with van der Waals surface area (Å²) in [5.74, 6) is -4.01. The number of ether oxygens (including phenoxy) is 2. The minimum absolute atomic E-state index is 0.0821. The van der Waals surface area contributed by atoms with Gasteiger partial charge in [0, 0.05) is 6.92 Å². The van der Waals surface area contributed by atoms with Crippen LogP contribution in [0.4, 0.5) is 26.3 Å². The molecule has 1 aliphatic rings. The van der Waals surface area contributed by atoms with Crippen LogP contribution in [0.2, 0.25) is 0 Å². The molecular formula is C7H8F6O2. The van der Waals surface area contributed by atoms with E-state index >= 15 is 0 Å². The highest BCUT2D eigenvalue weighted by atomic mass is 19.3. The Bertz CT molecular complexity index is 266. The number of rotatable bonds is 1. The van der Waals surface area contributed by atoms with E-state index < -0.39 is 30.3 Å². The van der Waals surface area contributed by atoms with E-state index in [9.17, 15) is 26.3 Å². The second kappa shape index (κ2) is 3.00. The first kappa shape index (κ1) is 12.6. The zero-order valence-corrected chi connectivity index (χ0v) is 7.79. The van der Waals surface area contributed by atoms with Crippen molar-refractivity contribution in [1.29, 1.82) is 0 Å². The molecule has 0 bridgehead atoms. The molecule has 1 rings (SSSR count). The largest absolute Gasteiger partial charge is 0.415 e. The molecule has 0 radical (unpaired) electrons. The Morgan fingerprint density at radius 3 is 1.73 bits per heavy atom. The summed E-state index contributed by atoms with van der Waals surface area (Å²) < 4.78 is 83.3. The van der Waals surface area contributed by atoms with Gasteiger partial charge in [0.05, 0.1) is 0 Å². The smallest absolute Gasteiger partial charge is 0.297 e. The Morgan fingerprint density at radius 1 is 0.867 bits per heavy atom. The van der Waals surface area contributed by atoms with Crippen LogP contribution in [-0.4, -0.2) is 30.3 Å². The van der Waals surface area contributed by atoms with Gasteiger partial charge in [-0.05, 0) is 6.92 Å². The van der Waals surface area contributed by atoms with Gasteiger partial charge in [-0.25, -0.2) is 8.78 Å². The van der Waals surface area contributed by atoms with Crippen molar-refractivity contribution in [3.05, 3.63) is 0 Å². The van der Waals surface area contributed by atoms with Crippen molar-refractivity contribution < 1.29 is 35.8 Å². The Balaban J connectivity index is 3.11. The summed E-state index contributed by atoms with van der Waals surface area (Å²) in [6, 6.07) is 0. The van der Waals surface area contributed by atoms with Gasteiger partial charge in [-0.3, -0.25) is 9.47 Å². The fraction of sp³-hybridized carbons (Fsp3) is 1.00. The van der Waals surface area contributed by atoms with E-state index in [-0.39, 0.29) is 6.92 Å². The van der Waals surface area contributed by atoms with Gasteiger partial charge in [0.1, 0.15) is 6.67 Å². The quantitative estimate of drug-likeness (QED) is 0.654. The van der Waals surface area contributed by atoms with Gasteiger partial charge in [-0.1, -0.05) is 0 Å².